The van der Waals surface area contributed by atoms with Crippen LogP contribution in [0.2, 0.25) is 0 Å². The predicted octanol–water partition coefficient (Wildman–Crippen LogP) is 1.82. The summed E-state index contributed by atoms with van der Waals surface area (Å²) in [5.41, 5.74) is 0. The van der Waals surface area contributed by atoms with E-state index in [1.54, 1.807) is 15.6 Å². The van der Waals surface area contributed by atoms with Crippen molar-refractivity contribution in [2.24, 2.45) is 0 Å². The Balaban J connectivity index is 1.67. The van der Waals surface area contributed by atoms with Crippen molar-refractivity contribution in [2.75, 3.05) is 32.7 Å². The van der Waals surface area contributed by atoms with Gasteiger partial charge >= 0.3 is 0 Å². The minimum Gasteiger partial charge on any atom is -0.294 e. The molecule has 7 heteroatoms. The van der Waals surface area contributed by atoms with Gasteiger partial charge in [0.15, 0.2) is 0 Å². The van der Waals surface area contributed by atoms with Gasteiger partial charge in [0.2, 0.25) is 0 Å². The molecule has 0 saturated carbocycles. The maximum absolute atomic E-state index is 12.3. The molecule has 5 nitrogen and oxygen atoms in total. The van der Waals surface area contributed by atoms with Gasteiger partial charge in [-0.05, 0) is 50.2 Å². The lowest BCUT2D eigenvalue weighted by atomic mass is 10.2. The van der Waals surface area contributed by atoms with Crippen molar-refractivity contribution < 1.29 is 8.42 Å². The van der Waals surface area contributed by atoms with Crippen molar-refractivity contribution in [3.8, 4) is 0 Å². The molecule has 1 N–H and O–H groups in total. The molecule has 0 amide bonds. The number of likely N-dealkylation sites (tertiary alicyclic amines) is 1. The van der Waals surface area contributed by atoms with E-state index in [1.807, 2.05) is 6.07 Å². The van der Waals surface area contributed by atoms with E-state index in [0.29, 0.717) is 19.6 Å². The topological polar surface area (TPSA) is 52.7 Å². The molecule has 2 fully saturated rings. The normalized spacial score (nSPS) is 22.9. The first-order valence-electron chi connectivity index (χ1n) is 7.69. The van der Waals surface area contributed by atoms with Gasteiger partial charge in [0, 0.05) is 24.5 Å². The van der Waals surface area contributed by atoms with E-state index < -0.39 is 10.2 Å². The molecule has 2 saturated heterocycles. The number of hydrogen-bond donors (Lipinski definition) is 1. The van der Waals surface area contributed by atoms with E-state index in [-0.39, 0.29) is 6.04 Å². The molecule has 0 aliphatic carbocycles. The SMILES string of the molecule is O=S(=O)(NCC(c1cccs1)N1CCCC1)N1CCCC1. The van der Waals surface area contributed by atoms with E-state index in [1.165, 1.54) is 17.7 Å². The summed E-state index contributed by atoms with van der Waals surface area (Å²) in [6, 6.07) is 4.32. The van der Waals surface area contributed by atoms with Gasteiger partial charge in [-0.2, -0.15) is 12.7 Å². The molecule has 0 spiro atoms. The summed E-state index contributed by atoms with van der Waals surface area (Å²) >= 11 is 1.71. The van der Waals surface area contributed by atoms with Gasteiger partial charge in [0.1, 0.15) is 0 Å². The average molecular weight is 329 g/mol. The number of nitrogens with one attached hydrogen (secondary N) is 1. The van der Waals surface area contributed by atoms with Crippen LogP contribution in [0.25, 0.3) is 0 Å². The Morgan fingerprint density at radius 3 is 2.43 bits per heavy atom. The summed E-state index contributed by atoms with van der Waals surface area (Å²) in [5, 5.41) is 2.06. The highest BCUT2D eigenvalue weighted by Gasteiger charge is 2.29. The van der Waals surface area contributed by atoms with Crippen LogP contribution >= 0.6 is 11.3 Å². The van der Waals surface area contributed by atoms with Crippen LogP contribution in [0.15, 0.2) is 17.5 Å². The van der Waals surface area contributed by atoms with Gasteiger partial charge in [-0.15, -0.1) is 11.3 Å². The second-order valence-electron chi connectivity index (χ2n) is 5.73. The molecule has 2 aliphatic heterocycles. The summed E-state index contributed by atoms with van der Waals surface area (Å²) in [6.45, 7) is 3.91. The molecule has 3 heterocycles. The fourth-order valence-corrected chi connectivity index (χ4v) is 5.30. The lowest BCUT2D eigenvalue weighted by Gasteiger charge is -2.27. The van der Waals surface area contributed by atoms with E-state index in [9.17, 15) is 8.42 Å². The fourth-order valence-electron chi connectivity index (χ4n) is 3.15. The lowest BCUT2D eigenvalue weighted by molar-refractivity contribution is 0.249. The predicted molar refractivity (Wildman–Crippen MR) is 85.6 cm³/mol. The van der Waals surface area contributed by atoms with Crippen LogP contribution in [-0.4, -0.2) is 50.3 Å². The molecule has 2 aliphatic rings. The third-order valence-electron chi connectivity index (χ3n) is 4.32. The fraction of sp³-hybridized carbons (Fsp3) is 0.714. The first-order valence-corrected chi connectivity index (χ1v) is 10.0. The van der Waals surface area contributed by atoms with Crippen molar-refractivity contribution in [3.05, 3.63) is 22.4 Å². The van der Waals surface area contributed by atoms with Gasteiger partial charge in [0.05, 0.1) is 6.04 Å². The monoisotopic (exact) mass is 329 g/mol. The number of rotatable bonds is 6. The van der Waals surface area contributed by atoms with Crippen molar-refractivity contribution in [2.45, 2.75) is 31.7 Å². The van der Waals surface area contributed by atoms with Crippen molar-refractivity contribution in [1.29, 1.82) is 0 Å². The Morgan fingerprint density at radius 1 is 1.14 bits per heavy atom. The Labute approximate surface area is 131 Å². The van der Waals surface area contributed by atoms with Crippen LogP contribution in [0, 0.1) is 0 Å². The number of hydrogen-bond acceptors (Lipinski definition) is 4. The molecule has 0 aromatic carbocycles. The average Bonchev–Trinajstić information content (AvgIpc) is 3.23. The van der Waals surface area contributed by atoms with E-state index >= 15 is 0 Å². The van der Waals surface area contributed by atoms with Crippen LogP contribution in [0.3, 0.4) is 0 Å². The molecular weight excluding hydrogens is 306 g/mol. The molecule has 0 bridgehead atoms. The Kier molecular flexibility index (Phi) is 4.96. The Morgan fingerprint density at radius 2 is 1.81 bits per heavy atom. The smallest absolute Gasteiger partial charge is 0.279 e. The molecular formula is C14H23N3O2S2. The summed E-state index contributed by atoms with van der Waals surface area (Å²) in [7, 11) is -3.31. The lowest BCUT2D eigenvalue weighted by Crippen LogP contribution is -2.43. The second kappa shape index (κ2) is 6.75. The second-order valence-corrected chi connectivity index (χ2v) is 8.47. The highest BCUT2D eigenvalue weighted by atomic mass is 32.2. The Bertz CT molecular complexity index is 533. The van der Waals surface area contributed by atoms with Crippen LogP contribution in [0.4, 0.5) is 0 Å². The number of thiophene rings is 1. The maximum Gasteiger partial charge on any atom is 0.279 e. The summed E-state index contributed by atoms with van der Waals surface area (Å²) in [4.78, 5) is 3.65. The zero-order valence-electron chi connectivity index (χ0n) is 12.2. The van der Waals surface area contributed by atoms with Gasteiger partial charge in [-0.25, -0.2) is 4.72 Å². The minimum atomic E-state index is -3.31. The van der Waals surface area contributed by atoms with Crippen molar-refractivity contribution in [3.63, 3.8) is 0 Å². The van der Waals surface area contributed by atoms with E-state index in [0.717, 1.165) is 25.9 Å². The van der Waals surface area contributed by atoms with Crippen LogP contribution in [0.5, 0.6) is 0 Å². The molecule has 0 radical (unpaired) electrons. The third kappa shape index (κ3) is 3.65. The standard InChI is InChI=1S/C14H23N3O2S2/c18-21(19,17-9-3-4-10-17)15-12-13(14-6-5-11-20-14)16-7-1-2-8-16/h5-6,11,13,15H,1-4,7-10,12H2. The van der Waals surface area contributed by atoms with Crippen molar-refractivity contribution in [1.82, 2.24) is 13.9 Å². The minimum absolute atomic E-state index is 0.171. The Hall–Kier alpha value is -0.470. The molecule has 21 heavy (non-hydrogen) atoms. The summed E-state index contributed by atoms with van der Waals surface area (Å²) < 4.78 is 29.0. The van der Waals surface area contributed by atoms with E-state index in [4.69, 9.17) is 0 Å². The third-order valence-corrected chi connectivity index (χ3v) is 6.87. The molecule has 118 valence electrons. The quantitative estimate of drug-likeness (QED) is 0.866. The highest BCUT2D eigenvalue weighted by Crippen LogP contribution is 2.28. The van der Waals surface area contributed by atoms with Gasteiger partial charge in [0.25, 0.3) is 10.2 Å². The van der Waals surface area contributed by atoms with Gasteiger partial charge in [-0.3, -0.25) is 4.90 Å². The van der Waals surface area contributed by atoms with Crippen LogP contribution in [-0.2, 0) is 10.2 Å². The summed E-state index contributed by atoms with van der Waals surface area (Å²) in [5.74, 6) is 0. The molecule has 1 unspecified atom stereocenters. The first kappa shape index (κ1) is 15.4. The van der Waals surface area contributed by atoms with Crippen LogP contribution < -0.4 is 4.72 Å². The zero-order chi connectivity index (χ0) is 14.7. The van der Waals surface area contributed by atoms with Gasteiger partial charge in [-0.1, -0.05) is 6.07 Å². The molecule has 3 rings (SSSR count). The maximum atomic E-state index is 12.3. The van der Waals surface area contributed by atoms with E-state index in [2.05, 4.69) is 21.1 Å². The summed E-state index contributed by atoms with van der Waals surface area (Å²) in [6.07, 6.45) is 4.37. The highest BCUT2D eigenvalue weighted by molar-refractivity contribution is 7.87. The molecule has 1 atom stereocenters. The van der Waals surface area contributed by atoms with Crippen LogP contribution in [0.1, 0.15) is 36.6 Å². The number of nitrogens with zero attached hydrogens (tertiary/aromatic N) is 2. The zero-order valence-corrected chi connectivity index (χ0v) is 13.8. The first-order chi connectivity index (χ1) is 10.2. The largest absolute Gasteiger partial charge is 0.294 e. The van der Waals surface area contributed by atoms with Crippen molar-refractivity contribution >= 4 is 21.5 Å². The molecule has 1 aromatic rings. The van der Waals surface area contributed by atoms with Gasteiger partial charge < -0.3 is 0 Å². The molecule has 1 aromatic heterocycles.